The van der Waals surface area contributed by atoms with E-state index in [0.717, 1.165) is 0 Å². The Balaban J connectivity index is 2.68. The molecule has 0 amide bonds. The van der Waals surface area contributed by atoms with Gasteiger partial charge in [-0.1, -0.05) is 0 Å². The SMILES string of the molecule is C#Cc1nc2c(N)cccn2c1SC(F)(F)F. The fourth-order valence-corrected chi connectivity index (χ4v) is 2.03. The number of nitrogens with zero attached hydrogens (tertiary/aromatic N) is 2. The van der Waals surface area contributed by atoms with Gasteiger partial charge in [-0.05, 0) is 18.1 Å². The lowest BCUT2D eigenvalue weighted by molar-refractivity contribution is -0.0329. The molecule has 2 heterocycles. The molecule has 2 aromatic rings. The molecular weight excluding hydrogens is 251 g/mol. The summed E-state index contributed by atoms with van der Waals surface area (Å²) in [6.45, 7) is 0. The van der Waals surface area contributed by atoms with Crippen molar-refractivity contribution in [1.29, 1.82) is 0 Å². The second kappa shape index (κ2) is 3.89. The molecule has 2 N–H and O–H groups in total. The molecule has 2 aromatic heterocycles. The van der Waals surface area contributed by atoms with Crippen molar-refractivity contribution in [2.24, 2.45) is 0 Å². The first-order valence-corrected chi connectivity index (χ1v) is 5.23. The standard InChI is InChI=1S/C10H6F3N3S/c1-2-7-9(17-10(11,12)13)16-5-3-4-6(14)8(16)15-7/h1,3-5H,14H2. The molecule has 2 rings (SSSR count). The Bertz CT molecular complexity index is 610. The number of terminal acetylenes is 1. The number of pyridine rings is 1. The molecule has 0 aliphatic carbocycles. The van der Waals surface area contributed by atoms with Crippen LogP contribution >= 0.6 is 11.8 Å². The molecule has 0 aliphatic rings. The molecule has 3 nitrogen and oxygen atoms in total. The third-order valence-electron chi connectivity index (χ3n) is 1.99. The van der Waals surface area contributed by atoms with Crippen LogP contribution in [-0.4, -0.2) is 14.9 Å². The second-order valence-corrected chi connectivity index (χ2v) is 4.17. The maximum absolute atomic E-state index is 12.4. The van der Waals surface area contributed by atoms with Crippen LogP contribution in [0.15, 0.2) is 23.4 Å². The first kappa shape index (κ1) is 11.7. The van der Waals surface area contributed by atoms with E-state index in [2.05, 4.69) is 10.9 Å². The van der Waals surface area contributed by atoms with Crippen molar-refractivity contribution in [2.75, 3.05) is 5.73 Å². The van der Waals surface area contributed by atoms with Gasteiger partial charge in [-0.15, -0.1) is 6.42 Å². The lowest BCUT2D eigenvalue weighted by Crippen LogP contribution is -2.02. The number of halogens is 3. The molecule has 0 radical (unpaired) electrons. The number of fused-ring (bicyclic) bond motifs is 1. The van der Waals surface area contributed by atoms with E-state index in [1.165, 1.54) is 16.7 Å². The van der Waals surface area contributed by atoms with Crippen LogP contribution in [0, 0.1) is 12.3 Å². The third kappa shape index (κ3) is 2.17. The van der Waals surface area contributed by atoms with E-state index in [9.17, 15) is 13.2 Å². The van der Waals surface area contributed by atoms with Crippen LogP contribution in [0.4, 0.5) is 18.9 Å². The molecule has 0 saturated heterocycles. The Kier molecular flexibility index (Phi) is 2.67. The smallest absolute Gasteiger partial charge is 0.396 e. The number of alkyl halides is 3. The molecule has 0 fully saturated rings. The average Bonchev–Trinajstić information content (AvgIpc) is 2.56. The lowest BCUT2D eigenvalue weighted by atomic mass is 10.4. The first-order chi connectivity index (χ1) is 7.92. The predicted molar refractivity (Wildman–Crippen MR) is 59.5 cm³/mol. The molecule has 0 atom stereocenters. The number of hydrogen-bond donors (Lipinski definition) is 1. The average molecular weight is 257 g/mol. The zero-order valence-electron chi connectivity index (χ0n) is 8.32. The second-order valence-electron chi connectivity index (χ2n) is 3.11. The number of anilines is 1. The highest BCUT2D eigenvalue weighted by Crippen LogP contribution is 2.39. The molecule has 88 valence electrons. The van der Waals surface area contributed by atoms with Crippen LogP contribution in [0.2, 0.25) is 0 Å². The van der Waals surface area contributed by atoms with Gasteiger partial charge in [0.2, 0.25) is 0 Å². The quantitative estimate of drug-likeness (QED) is 0.630. The van der Waals surface area contributed by atoms with E-state index in [1.807, 2.05) is 0 Å². The number of rotatable bonds is 1. The van der Waals surface area contributed by atoms with E-state index < -0.39 is 5.51 Å². The van der Waals surface area contributed by atoms with Crippen LogP contribution in [0.1, 0.15) is 5.69 Å². The first-order valence-electron chi connectivity index (χ1n) is 4.41. The van der Waals surface area contributed by atoms with Crippen molar-refractivity contribution in [3.63, 3.8) is 0 Å². The molecular formula is C10H6F3N3S. The van der Waals surface area contributed by atoms with E-state index in [-0.39, 0.29) is 33.8 Å². The minimum absolute atomic E-state index is 0.0646. The molecule has 0 unspecified atom stereocenters. The highest BCUT2D eigenvalue weighted by atomic mass is 32.2. The fourth-order valence-electron chi connectivity index (χ4n) is 1.37. The summed E-state index contributed by atoms with van der Waals surface area (Å²) in [5, 5.41) is -0.151. The molecule has 0 saturated carbocycles. The van der Waals surface area contributed by atoms with E-state index >= 15 is 0 Å². The predicted octanol–water partition coefficient (Wildman–Crippen LogP) is 2.51. The van der Waals surface area contributed by atoms with Gasteiger partial charge in [-0.2, -0.15) is 13.2 Å². The van der Waals surface area contributed by atoms with Crippen molar-refractivity contribution in [1.82, 2.24) is 9.38 Å². The van der Waals surface area contributed by atoms with Gasteiger partial charge in [0, 0.05) is 18.0 Å². The largest absolute Gasteiger partial charge is 0.447 e. The number of thioether (sulfide) groups is 1. The third-order valence-corrected chi connectivity index (χ3v) is 2.80. The summed E-state index contributed by atoms with van der Waals surface area (Å²) in [5.74, 6) is 2.13. The van der Waals surface area contributed by atoms with Gasteiger partial charge < -0.3 is 5.73 Å². The molecule has 0 bridgehead atoms. The summed E-state index contributed by atoms with van der Waals surface area (Å²) in [5.41, 5.74) is 1.63. The Morgan fingerprint density at radius 1 is 1.47 bits per heavy atom. The summed E-state index contributed by atoms with van der Waals surface area (Å²) in [6, 6.07) is 3.08. The van der Waals surface area contributed by atoms with Gasteiger partial charge >= 0.3 is 5.51 Å². The maximum Gasteiger partial charge on any atom is 0.447 e. The van der Waals surface area contributed by atoms with Gasteiger partial charge in [0.1, 0.15) is 10.7 Å². The zero-order valence-corrected chi connectivity index (χ0v) is 9.14. The minimum atomic E-state index is -4.42. The summed E-state index contributed by atoms with van der Waals surface area (Å²) in [4.78, 5) is 3.90. The van der Waals surface area contributed by atoms with Crippen LogP contribution in [0.3, 0.4) is 0 Å². The highest BCUT2D eigenvalue weighted by molar-refractivity contribution is 8.00. The molecule has 0 aromatic carbocycles. The van der Waals surface area contributed by atoms with Crippen molar-refractivity contribution < 1.29 is 13.2 Å². The number of nitrogen functional groups attached to an aromatic ring is 1. The van der Waals surface area contributed by atoms with Crippen LogP contribution < -0.4 is 5.73 Å². The molecule has 0 spiro atoms. The van der Waals surface area contributed by atoms with Gasteiger partial charge in [0.25, 0.3) is 0 Å². The van der Waals surface area contributed by atoms with Crippen molar-refractivity contribution in [2.45, 2.75) is 10.5 Å². The number of hydrogen-bond acceptors (Lipinski definition) is 3. The van der Waals surface area contributed by atoms with E-state index in [4.69, 9.17) is 12.2 Å². The number of aromatic nitrogens is 2. The Labute approximate surface area is 98.8 Å². The Morgan fingerprint density at radius 2 is 2.18 bits per heavy atom. The maximum atomic E-state index is 12.4. The molecule has 7 heteroatoms. The van der Waals surface area contributed by atoms with E-state index in [1.54, 1.807) is 6.07 Å². The van der Waals surface area contributed by atoms with Crippen LogP contribution in [0.25, 0.3) is 5.65 Å². The Hall–Kier alpha value is -1.81. The summed E-state index contributed by atoms with van der Waals surface area (Å²) < 4.78 is 38.4. The number of imidazole rings is 1. The normalized spacial score (nSPS) is 11.6. The number of nitrogens with two attached hydrogens (primary N) is 1. The lowest BCUT2D eigenvalue weighted by Gasteiger charge is -2.05. The topological polar surface area (TPSA) is 43.3 Å². The molecule has 0 aliphatic heterocycles. The zero-order chi connectivity index (χ0) is 12.6. The van der Waals surface area contributed by atoms with E-state index in [0.29, 0.717) is 0 Å². The fraction of sp³-hybridized carbons (Fsp3) is 0.100. The van der Waals surface area contributed by atoms with Gasteiger partial charge in [0.05, 0.1) is 5.69 Å². The monoisotopic (exact) mass is 257 g/mol. The van der Waals surface area contributed by atoms with Crippen molar-refractivity contribution in [3.05, 3.63) is 24.0 Å². The summed E-state index contributed by atoms with van der Waals surface area (Å²) in [6.07, 6.45) is 6.57. The van der Waals surface area contributed by atoms with Crippen molar-refractivity contribution in [3.8, 4) is 12.3 Å². The van der Waals surface area contributed by atoms with Crippen LogP contribution in [0.5, 0.6) is 0 Å². The van der Waals surface area contributed by atoms with Gasteiger partial charge in [-0.3, -0.25) is 4.40 Å². The van der Waals surface area contributed by atoms with Gasteiger partial charge in [-0.25, -0.2) is 4.98 Å². The minimum Gasteiger partial charge on any atom is -0.396 e. The highest BCUT2D eigenvalue weighted by Gasteiger charge is 2.32. The summed E-state index contributed by atoms with van der Waals surface area (Å²) >= 11 is -0.301. The van der Waals surface area contributed by atoms with Crippen molar-refractivity contribution >= 4 is 23.1 Å². The van der Waals surface area contributed by atoms with Gasteiger partial charge in [0.15, 0.2) is 5.65 Å². The molecule has 17 heavy (non-hydrogen) atoms. The van der Waals surface area contributed by atoms with Crippen LogP contribution in [-0.2, 0) is 0 Å². The Morgan fingerprint density at radius 3 is 2.76 bits per heavy atom. The summed E-state index contributed by atoms with van der Waals surface area (Å²) in [7, 11) is 0.